The largest absolute Gasteiger partial charge is 0.448 e. The van der Waals surface area contributed by atoms with Gasteiger partial charge in [0.15, 0.2) is 0 Å². The number of anilines is 2. The molecule has 0 radical (unpaired) electrons. The Bertz CT molecular complexity index is 619. The Morgan fingerprint density at radius 2 is 2.05 bits per heavy atom. The van der Waals surface area contributed by atoms with Crippen LogP contribution >= 0.6 is 0 Å². The van der Waals surface area contributed by atoms with Gasteiger partial charge in [0.2, 0.25) is 0 Å². The number of rotatable bonds is 7. The molecule has 0 unspecified atom stereocenters. The lowest BCUT2D eigenvalue weighted by molar-refractivity contribution is 0.161. The van der Waals surface area contributed by atoms with Gasteiger partial charge in [-0.25, -0.2) is 9.59 Å². The maximum Gasteiger partial charge on any atom is 0.404 e. The Labute approximate surface area is 121 Å². The lowest BCUT2D eigenvalue weighted by atomic mass is 10.3. The summed E-state index contributed by atoms with van der Waals surface area (Å²) in [4.78, 5) is 34.5. The second kappa shape index (κ2) is 7.36. The minimum absolute atomic E-state index is 0.00792. The fourth-order valence-corrected chi connectivity index (χ4v) is 1.81. The van der Waals surface area contributed by atoms with E-state index in [1.165, 1.54) is 11.6 Å². The molecule has 1 rings (SSSR count). The average Bonchev–Trinajstić information content (AvgIpc) is 2.44. The van der Waals surface area contributed by atoms with E-state index in [-0.39, 0.29) is 24.7 Å². The molecule has 0 spiro atoms. The summed E-state index contributed by atoms with van der Waals surface area (Å²) in [5, 5.41) is 2.77. The van der Waals surface area contributed by atoms with Crippen LogP contribution in [0.1, 0.15) is 19.8 Å². The van der Waals surface area contributed by atoms with Crippen LogP contribution in [0.15, 0.2) is 9.59 Å². The molecule has 0 aromatic carbocycles. The Hall–Kier alpha value is -2.45. The summed E-state index contributed by atoms with van der Waals surface area (Å²) < 4.78 is 6.89. The number of nitrogen functional groups attached to an aromatic ring is 1. The number of aromatic nitrogens is 2. The van der Waals surface area contributed by atoms with Crippen molar-refractivity contribution in [3.8, 4) is 0 Å². The van der Waals surface area contributed by atoms with E-state index >= 15 is 0 Å². The predicted molar refractivity (Wildman–Crippen MR) is 79.3 cm³/mol. The quantitative estimate of drug-likeness (QED) is 0.577. The first kappa shape index (κ1) is 16.6. The van der Waals surface area contributed by atoms with Crippen molar-refractivity contribution in [1.82, 2.24) is 9.13 Å². The van der Waals surface area contributed by atoms with E-state index in [1.54, 1.807) is 0 Å². The molecule has 21 heavy (non-hydrogen) atoms. The number of hydrogen-bond acceptors (Lipinski definition) is 6. The summed E-state index contributed by atoms with van der Waals surface area (Å²) >= 11 is 0. The molecule has 0 aliphatic heterocycles. The van der Waals surface area contributed by atoms with Gasteiger partial charge in [-0.1, -0.05) is 13.3 Å². The van der Waals surface area contributed by atoms with Gasteiger partial charge in [-0.15, -0.1) is 0 Å². The molecule has 0 saturated carbocycles. The third kappa shape index (κ3) is 4.01. The molecule has 0 bridgehead atoms. The summed E-state index contributed by atoms with van der Waals surface area (Å²) in [6.07, 6.45) is 0.766. The van der Waals surface area contributed by atoms with Gasteiger partial charge in [0, 0.05) is 20.1 Å². The monoisotopic (exact) mass is 299 g/mol. The van der Waals surface area contributed by atoms with Gasteiger partial charge in [-0.05, 0) is 6.42 Å². The van der Waals surface area contributed by atoms with Gasteiger partial charge in [0.1, 0.15) is 18.1 Å². The molecule has 1 aromatic heterocycles. The molecule has 1 heterocycles. The van der Waals surface area contributed by atoms with E-state index < -0.39 is 17.3 Å². The number of amides is 1. The lowest BCUT2D eigenvalue weighted by Crippen LogP contribution is -2.41. The highest BCUT2D eigenvalue weighted by atomic mass is 16.5. The van der Waals surface area contributed by atoms with E-state index in [0.29, 0.717) is 6.54 Å². The Balaban J connectivity index is 3.02. The third-order valence-corrected chi connectivity index (χ3v) is 2.97. The molecule has 118 valence electrons. The minimum atomic E-state index is -0.898. The zero-order chi connectivity index (χ0) is 16.0. The van der Waals surface area contributed by atoms with Crippen molar-refractivity contribution in [2.75, 3.05) is 24.2 Å². The zero-order valence-electron chi connectivity index (χ0n) is 12.2. The van der Waals surface area contributed by atoms with Gasteiger partial charge in [-0.2, -0.15) is 0 Å². The van der Waals surface area contributed by atoms with Crippen molar-refractivity contribution in [3.05, 3.63) is 20.8 Å². The fourth-order valence-electron chi connectivity index (χ4n) is 1.81. The zero-order valence-corrected chi connectivity index (χ0v) is 12.2. The van der Waals surface area contributed by atoms with Crippen LogP contribution in [0.25, 0.3) is 0 Å². The summed E-state index contributed by atoms with van der Waals surface area (Å²) in [6, 6.07) is 0. The first-order valence-corrected chi connectivity index (χ1v) is 6.65. The van der Waals surface area contributed by atoms with Crippen LogP contribution in [0, 0.1) is 0 Å². The van der Waals surface area contributed by atoms with Gasteiger partial charge < -0.3 is 21.5 Å². The Morgan fingerprint density at radius 3 is 2.62 bits per heavy atom. The molecule has 5 N–H and O–H groups in total. The van der Waals surface area contributed by atoms with Crippen LogP contribution < -0.4 is 28.0 Å². The van der Waals surface area contributed by atoms with E-state index in [0.717, 1.165) is 17.4 Å². The molecule has 9 heteroatoms. The van der Waals surface area contributed by atoms with Crippen molar-refractivity contribution in [3.63, 3.8) is 0 Å². The number of nitrogens with two attached hydrogens (primary N) is 2. The molecule has 0 atom stereocenters. The standard InChI is InChI=1S/C12H21N5O4/c1-3-4-6-17-9(13)8(10(18)16(2)12(17)20)15-5-7-21-11(14)19/h15H,3-7,13H2,1-2H3,(H2,14,19). The second-order valence-electron chi connectivity index (χ2n) is 4.51. The molecule has 9 nitrogen and oxygen atoms in total. The maximum atomic E-state index is 12.0. The number of carbonyl (C=O) groups excluding carboxylic acids is 1. The average molecular weight is 299 g/mol. The number of unbranched alkanes of at least 4 members (excludes halogenated alkanes) is 1. The highest BCUT2D eigenvalue weighted by Gasteiger charge is 2.14. The van der Waals surface area contributed by atoms with Crippen molar-refractivity contribution >= 4 is 17.6 Å². The number of carbonyl (C=O) groups is 1. The highest BCUT2D eigenvalue weighted by Crippen LogP contribution is 2.11. The Morgan fingerprint density at radius 1 is 1.38 bits per heavy atom. The van der Waals surface area contributed by atoms with Gasteiger partial charge in [0.05, 0.1) is 0 Å². The number of ether oxygens (including phenoxy) is 1. The molecule has 0 saturated heterocycles. The first-order chi connectivity index (χ1) is 9.90. The highest BCUT2D eigenvalue weighted by molar-refractivity contribution is 5.64. The van der Waals surface area contributed by atoms with E-state index in [2.05, 4.69) is 10.1 Å². The van der Waals surface area contributed by atoms with Crippen molar-refractivity contribution < 1.29 is 9.53 Å². The van der Waals surface area contributed by atoms with Crippen LogP contribution in [0.4, 0.5) is 16.3 Å². The van der Waals surface area contributed by atoms with Gasteiger partial charge in [-0.3, -0.25) is 13.9 Å². The second-order valence-corrected chi connectivity index (χ2v) is 4.51. The van der Waals surface area contributed by atoms with Crippen LogP contribution in [0.2, 0.25) is 0 Å². The predicted octanol–water partition coefficient (Wildman–Crippen LogP) is -0.563. The van der Waals surface area contributed by atoms with Crippen LogP contribution in [0.3, 0.4) is 0 Å². The van der Waals surface area contributed by atoms with Gasteiger partial charge in [0.25, 0.3) is 5.56 Å². The molecular formula is C12H21N5O4. The number of nitrogens with one attached hydrogen (secondary N) is 1. The van der Waals surface area contributed by atoms with E-state index in [1.807, 2.05) is 6.92 Å². The van der Waals surface area contributed by atoms with Crippen LogP contribution in [-0.4, -0.2) is 28.4 Å². The SMILES string of the molecule is CCCCn1c(N)c(NCCOC(N)=O)c(=O)n(C)c1=O. The minimum Gasteiger partial charge on any atom is -0.448 e. The molecule has 0 fully saturated rings. The van der Waals surface area contributed by atoms with Crippen LogP contribution in [-0.2, 0) is 18.3 Å². The smallest absolute Gasteiger partial charge is 0.404 e. The summed E-state index contributed by atoms with van der Waals surface area (Å²) in [7, 11) is 1.39. The molecular weight excluding hydrogens is 278 g/mol. The molecule has 0 aliphatic rings. The van der Waals surface area contributed by atoms with Gasteiger partial charge >= 0.3 is 11.8 Å². The fraction of sp³-hybridized carbons (Fsp3) is 0.583. The normalized spacial score (nSPS) is 10.4. The van der Waals surface area contributed by atoms with E-state index in [4.69, 9.17) is 11.5 Å². The third-order valence-electron chi connectivity index (χ3n) is 2.97. The summed E-state index contributed by atoms with van der Waals surface area (Å²) in [5.74, 6) is 0.0793. The topological polar surface area (TPSA) is 134 Å². The van der Waals surface area contributed by atoms with Crippen molar-refractivity contribution in [2.24, 2.45) is 12.8 Å². The van der Waals surface area contributed by atoms with Crippen molar-refractivity contribution in [1.29, 1.82) is 0 Å². The van der Waals surface area contributed by atoms with Crippen molar-refractivity contribution in [2.45, 2.75) is 26.3 Å². The summed E-state index contributed by atoms with van der Waals surface area (Å²) in [5.41, 5.74) is 9.86. The first-order valence-electron chi connectivity index (χ1n) is 6.65. The molecule has 1 amide bonds. The lowest BCUT2D eigenvalue weighted by Gasteiger charge is -2.15. The number of primary amides is 1. The van der Waals surface area contributed by atoms with Crippen LogP contribution in [0.5, 0.6) is 0 Å². The molecule has 1 aromatic rings. The maximum absolute atomic E-state index is 12.0. The summed E-state index contributed by atoms with van der Waals surface area (Å²) in [6.45, 7) is 2.58. The van der Waals surface area contributed by atoms with E-state index in [9.17, 15) is 14.4 Å². The Kier molecular flexibility index (Phi) is 5.82. The number of hydrogen-bond donors (Lipinski definition) is 3. The number of nitrogens with zero attached hydrogens (tertiary/aromatic N) is 2. The molecule has 0 aliphatic carbocycles.